The molecule has 0 aromatic carbocycles. The largest absolute Gasteiger partial charge is 0.409 e. The van der Waals surface area contributed by atoms with E-state index in [4.69, 9.17) is 10.9 Å². The van der Waals surface area contributed by atoms with Gasteiger partial charge in [-0.1, -0.05) is 31.8 Å². The van der Waals surface area contributed by atoms with Crippen LogP contribution in [-0.2, 0) is 4.79 Å². The molecule has 0 bridgehead atoms. The van der Waals surface area contributed by atoms with Crippen molar-refractivity contribution in [1.82, 2.24) is 5.32 Å². The quantitative estimate of drug-likeness (QED) is 0.274. The van der Waals surface area contributed by atoms with Crippen LogP contribution < -0.4 is 11.1 Å². The lowest BCUT2D eigenvalue weighted by Gasteiger charge is -2.17. The number of oxime groups is 1. The van der Waals surface area contributed by atoms with Crippen LogP contribution in [-0.4, -0.2) is 23.5 Å². The Hall–Kier alpha value is -1.26. The van der Waals surface area contributed by atoms with Crippen molar-refractivity contribution in [2.45, 2.75) is 39.5 Å². The van der Waals surface area contributed by atoms with E-state index in [2.05, 4.69) is 24.3 Å². The Morgan fingerprint density at radius 2 is 2.06 bits per heavy atom. The number of nitrogens with two attached hydrogens (primary N) is 1. The molecule has 0 saturated heterocycles. The van der Waals surface area contributed by atoms with Gasteiger partial charge in [-0.05, 0) is 18.8 Å². The van der Waals surface area contributed by atoms with Gasteiger partial charge in [-0.2, -0.15) is 0 Å². The number of nitrogens with one attached hydrogen (secondary N) is 1. The first-order valence-corrected chi connectivity index (χ1v) is 5.87. The Labute approximate surface area is 96.1 Å². The molecule has 92 valence electrons. The zero-order valence-corrected chi connectivity index (χ0v) is 9.99. The molecular weight excluding hydrogens is 206 g/mol. The van der Waals surface area contributed by atoms with Gasteiger partial charge in [0.15, 0.2) is 5.84 Å². The SMILES string of the molecule is CCC(CC)CNC(=O)C1(C(N)=NO)CC1. The number of hydrogen-bond acceptors (Lipinski definition) is 3. The van der Waals surface area contributed by atoms with E-state index in [9.17, 15) is 4.79 Å². The number of hydrogen-bond donors (Lipinski definition) is 3. The van der Waals surface area contributed by atoms with E-state index in [1.165, 1.54) is 0 Å². The molecule has 4 N–H and O–H groups in total. The summed E-state index contributed by atoms with van der Waals surface area (Å²) in [5.74, 6) is 0.441. The monoisotopic (exact) mass is 227 g/mol. The van der Waals surface area contributed by atoms with Gasteiger partial charge in [0.25, 0.3) is 0 Å². The van der Waals surface area contributed by atoms with Crippen molar-refractivity contribution in [1.29, 1.82) is 0 Å². The Balaban J connectivity index is 2.47. The van der Waals surface area contributed by atoms with Crippen molar-refractivity contribution in [3.05, 3.63) is 0 Å². The predicted octanol–water partition coefficient (Wildman–Crippen LogP) is 1.07. The number of amidine groups is 1. The third-order valence-electron chi connectivity index (χ3n) is 3.49. The van der Waals surface area contributed by atoms with Crippen molar-refractivity contribution in [3.63, 3.8) is 0 Å². The first-order chi connectivity index (χ1) is 7.60. The first kappa shape index (κ1) is 12.8. The molecule has 1 amide bonds. The number of nitrogens with zero attached hydrogens (tertiary/aromatic N) is 1. The van der Waals surface area contributed by atoms with Crippen LogP contribution in [0.1, 0.15) is 39.5 Å². The molecule has 16 heavy (non-hydrogen) atoms. The van der Waals surface area contributed by atoms with Gasteiger partial charge in [0.05, 0.1) is 0 Å². The highest BCUT2D eigenvalue weighted by molar-refractivity contribution is 6.09. The molecule has 0 aromatic rings. The second-order valence-electron chi connectivity index (χ2n) is 4.46. The molecule has 1 aliphatic rings. The van der Waals surface area contributed by atoms with Gasteiger partial charge in [-0.25, -0.2) is 0 Å². The fourth-order valence-corrected chi connectivity index (χ4v) is 1.80. The molecule has 0 radical (unpaired) electrons. The molecule has 0 aliphatic heterocycles. The lowest BCUT2D eigenvalue weighted by Crippen LogP contribution is -2.42. The van der Waals surface area contributed by atoms with Crippen molar-refractivity contribution in [2.75, 3.05) is 6.54 Å². The number of amides is 1. The normalized spacial score (nSPS) is 18.6. The molecular formula is C11H21N3O2. The maximum atomic E-state index is 11.9. The summed E-state index contributed by atoms with van der Waals surface area (Å²) in [4.78, 5) is 11.9. The topological polar surface area (TPSA) is 87.7 Å². The number of carbonyl (C=O) groups excluding carboxylic acids is 1. The smallest absolute Gasteiger partial charge is 0.233 e. The molecule has 5 nitrogen and oxygen atoms in total. The predicted molar refractivity (Wildman–Crippen MR) is 62.2 cm³/mol. The van der Waals surface area contributed by atoms with E-state index < -0.39 is 5.41 Å². The number of rotatable bonds is 6. The highest BCUT2D eigenvalue weighted by Gasteiger charge is 2.54. The molecule has 5 heteroatoms. The molecule has 1 fully saturated rings. The van der Waals surface area contributed by atoms with Crippen molar-refractivity contribution >= 4 is 11.7 Å². The Morgan fingerprint density at radius 3 is 2.44 bits per heavy atom. The van der Waals surface area contributed by atoms with E-state index in [-0.39, 0.29) is 11.7 Å². The zero-order chi connectivity index (χ0) is 12.2. The Kier molecular flexibility index (Phi) is 4.15. The minimum atomic E-state index is -0.721. The Bertz CT molecular complexity index is 281. The molecule has 1 saturated carbocycles. The minimum Gasteiger partial charge on any atom is -0.409 e. The van der Waals surface area contributed by atoms with E-state index >= 15 is 0 Å². The minimum absolute atomic E-state index is 0.0366. The summed E-state index contributed by atoms with van der Waals surface area (Å²) in [5.41, 5.74) is 4.80. The summed E-state index contributed by atoms with van der Waals surface area (Å²) >= 11 is 0. The highest BCUT2D eigenvalue weighted by Crippen LogP contribution is 2.46. The second-order valence-corrected chi connectivity index (χ2v) is 4.46. The van der Waals surface area contributed by atoms with Crippen LogP contribution in [0.15, 0.2) is 5.16 Å². The third-order valence-corrected chi connectivity index (χ3v) is 3.49. The van der Waals surface area contributed by atoms with Gasteiger partial charge in [0, 0.05) is 6.54 Å². The standard InChI is InChI=1S/C11H21N3O2/c1-3-8(4-2)7-13-10(15)11(5-6-11)9(12)14-16/h8,16H,3-7H2,1-2H3,(H2,12,14)(H,13,15). The molecule has 0 heterocycles. The summed E-state index contributed by atoms with van der Waals surface area (Å²) in [6.07, 6.45) is 3.45. The van der Waals surface area contributed by atoms with Gasteiger partial charge in [-0.3, -0.25) is 4.79 Å². The lowest BCUT2D eigenvalue weighted by molar-refractivity contribution is -0.124. The van der Waals surface area contributed by atoms with Crippen LogP contribution in [0.3, 0.4) is 0 Å². The van der Waals surface area contributed by atoms with Crippen molar-refractivity contribution in [3.8, 4) is 0 Å². The van der Waals surface area contributed by atoms with Crippen LogP contribution in [0.25, 0.3) is 0 Å². The lowest BCUT2D eigenvalue weighted by atomic mass is 10.0. The molecule has 0 spiro atoms. The molecule has 1 aliphatic carbocycles. The van der Waals surface area contributed by atoms with E-state index in [0.29, 0.717) is 25.3 Å². The van der Waals surface area contributed by atoms with Crippen LogP contribution in [0.4, 0.5) is 0 Å². The average Bonchev–Trinajstić information content (AvgIpc) is 3.10. The fraction of sp³-hybridized carbons (Fsp3) is 0.818. The third kappa shape index (κ3) is 2.46. The van der Waals surface area contributed by atoms with Gasteiger partial charge in [-0.15, -0.1) is 0 Å². The summed E-state index contributed by atoms with van der Waals surface area (Å²) in [6.45, 7) is 4.89. The van der Waals surface area contributed by atoms with Crippen LogP contribution in [0.5, 0.6) is 0 Å². The molecule has 0 atom stereocenters. The summed E-state index contributed by atoms with van der Waals surface area (Å²) < 4.78 is 0. The average molecular weight is 227 g/mol. The van der Waals surface area contributed by atoms with E-state index in [1.807, 2.05) is 0 Å². The first-order valence-electron chi connectivity index (χ1n) is 5.87. The second kappa shape index (κ2) is 5.18. The zero-order valence-electron chi connectivity index (χ0n) is 9.99. The summed E-state index contributed by atoms with van der Waals surface area (Å²) in [6, 6.07) is 0. The van der Waals surface area contributed by atoms with Crippen LogP contribution in [0.2, 0.25) is 0 Å². The van der Waals surface area contributed by atoms with Gasteiger partial charge >= 0.3 is 0 Å². The number of carbonyl (C=O) groups is 1. The molecule has 0 aromatic heterocycles. The fourth-order valence-electron chi connectivity index (χ4n) is 1.80. The van der Waals surface area contributed by atoms with Crippen molar-refractivity contribution < 1.29 is 10.0 Å². The van der Waals surface area contributed by atoms with E-state index in [1.54, 1.807) is 0 Å². The summed E-state index contributed by atoms with van der Waals surface area (Å²) in [5, 5.41) is 14.4. The van der Waals surface area contributed by atoms with Crippen LogP contribution >= 0.6 is 0 Å². The van der Waals surface area contributed by atoms with Crippen molar-refractivity contribution in [2.24, 2.45) is 22.2 Å². The maximum Gasteiger partial charge on any atom is 0.233 e. The molecule has 0 unspecified atom stereocenters. The maximum absolute atomic E-state index is 11.9. The van der Waals surface area contributed by atoms with Gasteiger partial charge < -0.3 is 16.3 Å². The highest BCUT2D eigenvalue weighted by atomic mass is 16.4. The van der Waals surface area contributed by atoms with E-state index in [0.717, 1.165) is 12.8 Å². The van der Waals surface area contributed by atoms with Crippen LogP contribution in [0, 0.1) is 11.3 Å². The molecule has 1 rings (SSSR count). The van der Waals surface area contributed by atoms with Gasteiger partial charge in [0.2, 0.25) is 5.91 Å². The Morgan fingerprint density at radius 1 is 1.50 bits per heavy atom. The summed E-state index contributed by atoms with van der Waals surface area (Å²) in [7, 11) is 0. The van der Waals surface area contributed by atoms with Gasteiger partial charge in [0.1, 0.15) is 5.41 Å².